The van der Waals surface area contributed by atoms with E-state index in [1.807, 2.05) is 25.1 Å². The largest absolute Gasteiger partial charge is 0.366 e. The van der Waals surface area contributed by atoms with Crippen LogP contribution in [0.2, 0.25) is 5.02 Å². The van der Waals surface area contributed by atoms with Gasteiger partial charge in [0.15, 0.2) is 0 Å². The molecule has 0 fully saturated rings. The number of halogens is 2. The molecule has 2 heterocycles. The second-order valence-electron chi connectivity index (χ2n) is 5.18. The minimum absolute atomic E-state index is 0.0451. The Labute approximate surface area is 144 Å². The van der Waals surface area contributed by atoms with Gasteiger partial charge in [-0.25, -0.2) is 9.37 Å². The fourth-order valence-corrected chi connectivity index (χ4v) is 2.29. The molecular weight excluding hydrogens is 329 g/mol. The van der Waals surface area contributed by atoms with Gasteiger partial charge in [-0.3, -0.25) is 4.98 Å². The summed E-state index contributed by atoms with van der Waals surface area (Å²) >= 11 is 5.79. The van der Waals surface area contributed by atoms with Gasteiger partial charge in [-0.15, -0.1) is 0 Å². The summed E-state index contributed by atoms with van der Waals surface area (Å²) < 4.78 is 13.2. The van der Waals surface area contributed by atoms with Crippen LogP contribution in [-0.4, -0.2) is 15.0 Å². The molecular formula is C17H15ClFN5. The van der Waals surface area contributed by atoms with Gasteiger partial charge in [-0.05, 0) is 42.8 Å². The number of aryl methyl sites for hydroxylation is 1. The predicted octanol–water partition coefficient (Wildman–Crippen LogP) is 4.33. The Kier molecular flexibility index (Phi) is 4.86. The van der Waals surface area contributed by atoms with E-state index in [1.165, 1.54) is 12.1 Å². The molecule has 1 aromatic carbocycles. The van der Waals surface area contributed by atoms with E-state index in [9.17, 15) is 4.39 Å². The molecule has 0 atom stereocenters. The van der Waals surface area contributed by atoms with Crippen LogP contribution in [0.3, 0.4) is 0 Å². The van der Waals surface area contributed by atoms with Crippen molar-refractivity contribution in [3.05, 3.63) is 70.9 Å². The number of pyridine rings is 1. The van der Waals surface area contributed by atoms with Gasteiger partial charge in [-0.2, -0.15) is 4.98 Å². The molecule has 5 nitrogen and oxygen atoms in total. The second kappa shape index (κ2) is 7.23. The maximum Gasteiger partial charge on any atom is 0.229 e. The highest BCUT2D eigenvalue weighted by Gasteiger charge is 2.05. The second-order valence-corrected chi connectivity index (χ2v) is 5.59. The van der Waals surface area contributed by atoms with Crippen molar-refractivity contribution in [1.82, 2.24) is 15.0 Å². The molecule has 0 aliphatic heterocycles. The van der Waals surface area contributed by atoms with Crippen LogP contribution in [-0.2, 0) is 6.54 Å². The fourth-order valence-electron chi connectivity index (χ4n) is 2.11. The zero-order valence-corrected chi connectivity index (χ0v) is 13.7. The highest BCUT2D eigenvalue weighted by Crippen LogP contribution is 2.22. The summed E-state index contributed by atoms with van der Waals surface area (Å²) in [4.78, 5) is 12.7. The number of nitrogens with one attached hydrogen (secondary N) is 2. The lowest BCUT2D eigenvalue weighted by molar-refractivity contribution is 0.628. The summed E-state index contributed by atoms with van der Waals surface area (Å²) in [6.07, 6.45) is 3.49. The first-order chi connectivity index (χ1) is 11.6. The first-order valence-corrected chi connectivity index (χ1v) is 7.68. The van der Waals surface area contributed by atoms with Gasteiger partial charge in [0.05, 0.1) is 5.02 Å². The van der Waals surface area contributed by atoms with Crippen LogP contribution in [0.15, 0.2) is 48.8 Å². The molecule has 24 heavy (non-hydrogen) atoms. The minimum atomic E-state index is -0.466. The zero-order chi connectivity index (χ0) is 16.9. The third kappa shape index (κ3) is 4.17. The normalized spacial score (nSPS) is 10.5. The van der Waals surface area contributed by atoms with Gasteiger partial charge in [0.2, 0.25) is 5.95 Å². The maximum absolute atomic E-state index is 13.2. The third-order valence-corrected chi connectivity index (χ3v) is 3.54. The van der Waals surface area contributed by atoms with Crippen LogP contribution in [0.5, 0.6) is 0 Å². The first kappa shape index (κ1) is 16.1. The molecule has 0 aliphatic carbocycles. The van der Waals surface area contributed by atoms with Gasteiger partial charge in [0.25, 0.3) is 0 Å². The smallest absolute Gasteiger partial charge is 0.229 e. The number of rotatable bonds is 5. The van der Waals surface area contributed by atoms with E-state index in [0.717, 1.165) is 11.3 Å². The quantitative estimate of drug-likeness (QED) is 0.722. The van der Waals surface area contributed by atoms with Crippen molar-refractivity contribution < 1.29 is 4.39 Å². The van der Waals surface area contributed by atoms with Gasteiger partial charge in [-0.1, -0.05) is 11.6 Å². The van der Waals surface area contributed by atoms with E-state index in [4.69, 9.17) is 11.6 Å². The molecule has 0 radical (unpaired) electrons. The average Bonchev–Trinajstić information content (AvgIpc) is 2.57. The van der Waals surface area contributed by atoms with Gasteiger partial charge < -0.3 is 10.6 Å². The lowest BCUT2D eigenvalue weighted by Crippen LogP contribution is -2.05. The molecule has 7 heteroatoms. The van der Waals surface area contributed by atoms with Crippen molar-refractivity contribution >= 4 is 29.1 Å². The van der Waals surface area contributed by atoms with Crippen LogP contribution in [0.25, 0.3) is 0 Å². The van der Waals surface area contributed by atoms with Crippen LogP contribution in [0.1, 0.15) is 11.3 Å². The minimum Gasteiger partial charge on any atom is -0.366 e. The van der Waals surface area contributed by atoms with Crippen LogP contribution >= 0.6 is 11.6 Å². The standard InChI is InChI=1S/C17H15ClFN5/c1-11-8-16(21-10-12-4-6-20-7-5-12)24-17(22-11)23-13-2-3-15(19)14(18)9-13/h2-9H,10H2,1H3,(H2,21,22,23,24). The number of hydrogen-bond donors (Lipinski definition) is 2. The molecule has 2 aromatic heterocycles. The van der Waals surface area contributed by atoms with Crippen LogP contribution < -0.4 is 10.6 Å². The molecule has 0 bridgehead atoms. The van der Waals surface area contributed by atoms with Crippen molar-refractivity contribution in [3.63, 3.8) is 0 Å². The molecule has 122 valence electrons. The molecule has 0 saturated carbocycles. The highest BCUT2D eigenvalue weighted by molar-refractivity contribution is 6.31. The summed E-state index contributed by atoms with van der Waals surface area (Å²) in [5, 5.41) is 6.32. The van der Waals surface area contributed by atoms with E-state index >= 15 is 0 Å². The molecule has 0 amide bonds. The van der Waals surface area contributed by atoms with Crippen molar-refractivity contribution in [3.8, 4) is 0 Å². The summed E-state index contributed by atoms with van der Waals surface area (Å²) in [6, 6.07) is 10.1. The highest BCUT2D eigenvalue weighted by atomic mass is 35.5. The van der Waals surface area contributed by atoms with Crippen LogP contribution in [0, 0.1) is 12.7 Å². The van der Waals surface area contributed by atoms with E-state index in [1.54, 1.807) is 18.5 Å². The Hall–Kier alpha value is -2.73. The number of anilines is 3. The first-order valence-electron chi connectivity index (χ1n) is 7.31. The zero-order valence-electron chi connectivity index (χ0n) is 12.9. The predicted molar refractivity (Wildman–Crippen MR) is 93.0 cm³/mol. The third-order valence-electron chi connectivity index (χ3n) is 3.25. The molecule has 0 aliphatic rings. The fraction of sp³-hybridized carbons (Fsp3) is 0.118. The molecule has 0 spiro atoms. The summed E-state index contributed by atoms with van der Waals surface area (Å²) in [6.45, 7) is 2.50. The average molecular weight is 344 g/mol. The molecule has 0 saturated heterocycles. The number of hydrogen-bond acceptors (Lipinski definition) is 5. The Morgan fingerprint density at radius 1 is 1.08 bits per heavy atom. The molecule has 2 N–H and O–H groups in total. The Morgan fingerprint density at radius 3 is 2.62 bits per heavy atom. The van der Waals surface area contributed by atoms with Crippen molar-refractivity contribution in [1.29, 1.82) is 0 Å². The SMILES string of the molecule is Cc1cc(NCc2ccncc2)nc(Nc2ccc(F)c(Cl)c2)n1. The Bertz CT molecular complexity index is 842. The topological polar surface area (TPSA) is 62.7 Å². The Morgan fingerprint density at radius 2 is 1.88 bits per heavy atom. The van der Waals surface area contributed by atoms with Crippen molar-refractivity contribution in [2.24, 2.45) is 0 Å². The van der Waals surface area contributed by atoms with E-state index in [2.05, 4.69) is 25.6 Å². The van der Waals surface area contributed by atoms with Crippen LogP contribution in [0.4, 0.5) is 21.8 Å². The van der Waals surface area contributed by atoms with Gasteiger partial charge in [0, 0.05) is 36.4 Å². The Balaban J connectivity index is 1.74. The number of aromatic nitrogens is 3. The molecule has 0 unspecified atom stereocenters. The summed E-state index contributed by atoms with van der Waals surface area (Å²) in [5.41, 5.74) is 2.52. The van der Waals surface area contributed by atoms with E-state index in [0.29, 0.717) is 24.0 Å². The molecule has 3 rings (SSSR count). The van der Waals surface area contributed by atoms with Crippen molar-refractivity contribution in [2.75, 3.05) is 10.6 Å². The lowest BCUT2D eigenvalue weighted by Gasteiger charge is -2.10. The van der Waals surface area contributed by atoms with Gasteiger partial charge in [0.1, 0.15) is 11.6 Å². The van der Waals surface area contributed by atoms with E-state index < -0.39 is 5.82 Å². The lowest BCUT2D eigenvalue weighted by atomic mass is 10.3. The maximum atomic E-state index is 13.2. The summed E-state index contributed by atoms with van der Waals surface area (Å²) in [7, 11) is 0. The number of benzene rings is 1. The number of nitrogens with zero attached hydrogens (tertiary/aromatic N) is 3. The van der Waals surface area contributed by atoms with Gasteiger partial charge >= 0.3 is 0 Å². The monoisotopic (exact) mass is 343 g/mol. The summed E-state index contributed by atoms with van der Waals surface area (Å²) in [5.74, 6) is 0.636. The molecule has 3 aromatic rings. The van der Waals surface area contributed by atoms with E-state index in [-0.39, 0.29) is 5.02 Å². The van der Waals surface area contributed by atoms with Crippen molar-refractivity contribution in [2.45, 2.75) is 13.5 Å².